The van der Waals surface area contributed by atoms with Crippen LogP contribution in [0.2, 0.25) is 0 Å². The van der Waals surface area contributed by atoms with Gasteiger partial charge in [-0.1, -0.05) is 158 Å². The summed E-state index contributed by atoms with van der Waals surface area (Å²) in [5.74, 6) is 2.43. The molecule has 0 aliphatic carbocycles. The lowest BCUT2D eigenvalue weighted by molar-refractivity contribution is -0.176. The molecule has 15 rings (SSSR count). The number of rotatable bonds is 29. The molecule has 17 nitrogen and oxygen atoms in total. The highest BCUT2D eigenvalue weighted by molar-refractivity contribution is 7.53. The maximum Gasteiger partial charge on any atom is 0.335 e. The fraction of sp³-hybridized carbons (Fsp3) is 0.125. The van der Waals surface area contributed by atoms with Crippen molar-refractivity contribution in [1.82, 2.24) is 0 Å². The van der Waals surface area contributed by atoms with Crippen molar-refractivity contribution < 1.29 is 46.7 Å². The molecule has 0 N–H and O–H groups in total. The number of ether oxygens (including phenoxy) is 5. The zero-order chi connectivity index (χ0) is 86.2. The van der Waals surface area contributed by atoms with E-state index in [1.54, 1.807) is 85.4 Å². The zero-order valence-corrected chi connectivity index (χ0v) is 70.8. The van der Waals surface area contributed by atoms with Gasteiger partial charge in [0.1, 0.15) is 41.7 Å². The summed E-state index contributed by atoms with van der Waals surface area (Å²) >= 11 is 0. The first-order valence-corrected chi connectivity index (χ1v) is 42.5. The van der Waals surface area contributed by atoms with Crippen LogP contribution in [0.5, 0.6) is 17.2 Å². The number of para-hydroxylation sites is 3. The van der Waals surface area contributed by atoms with E-state index in [-0.39, 0.29) is 41.0 Å². The third-order valence-corrected chi connectivity index (χ3v) is 23.3. The number of hydrogen-bond donors (Lipinski definition) is 0. The Bertz CT molecular complexity index is 6300. The van der Waals surface area contributed by atoms with Crippen LogP contribution in [-0.4, -0.2) is 54.0 Å². The lowest BCUT2D eigenvalue weighted by Gasteiger charge is -2.27. The SMILES string of the molecule is CCOC(OCC)(P=O)c1ccc2c(C#N)c3cc(CP(=O)(OCC)OCC)ccc3c(C#N)c2c1.COc1ccc(N(c2ccccc2)c2ccc(C=O)cc2)cc1.[C-]#[N+]c1c2ccc(C=Cc3ccc(N(c4ccccc4)c4ccc(OC)cc4)cc3)cc2c(C#N)c2ccc(C=Cc3ccc(N(c4ccccc4)c4ccc(OC)cc4)cc3)cc12. The van der Waals surface area contributed by atoms with Gasteiger partial charge in [-0.05, 0) is 253 Å². The maximum absolute atomic E-state index is 13.1. The second-order valence-electron chi connectivity index (χ2n) is 28.0. The van der Waals surface area contributed by atoms with Crippen molar-refractivity contribution >= 4 is 147 Å². The quantitative estimate of drug-likeness (QED) is 0.0107. The summed E-state index contributed by atoms with van der Waals surface area (Å²) in [5, 5.41) is 36.0. The molecule has 0 bridgehead atoms. The van der Waals surface area contributed by atoms with Crippen LogP contribution in [0.1, 0.15) is 88.1 Å². The molecular weight excluding hydrogens is 1570 g/mol. The van der Waals surface area contributed by atoms with Gasteiger partial charge in [0.25, 0.3) is 5.53 Å². The molecule has 0 unspecified atom stereocenters. The number of anilines is 9. The van der Waals surface area contributed by atoms with Gasteiger partial charge in [0.2, 0.25) is 14.1 Å². The van der Waals surface area contributed by atoms with E-state index < -0.39 is 13.1 Å². The van der Waals surface area contributed by atoms with Gasteiger partial charge < -0.3 is 47.4 Å². The van der Waals surface area contributed by atoms with E-state index >= 15 is 0 Å². The molecule has 0 radical (unpaired) electrons. The predicted octanol–water partition coefficient (Wildman–Crippen LogP) is 27.7. The number of benzene rings is 15. The Kier molecular flexibility index (Phi) is 28.7. The van der Waals surface area contributed by atoms with Gasteiger partial charge >= 0.3 is 7.60 Å². The average Bonchev–Trinajstić information content (AvgIpc) is 0.741. The maximum atomic E-state index is 13.1. The Morgan fingerprint density at radius 1 is 0.374 bits per heavy atom. The highest BCUT2D eigenvalue weighted by Gasteiger charge is 2.36. The van der Waals surface area contributed by atoms with Crippen LogP contribution < -0.4 is 28.9 Å². The number of hydrogen-bond acceptors (Lipinski definition) is 16. The van der Waals surface area contributed by atoms with Crippen LogP contribution in [0.4, 0.5) is 56.9 Å². The number of nitriles is 3. The van der Waals surface area contributed by atoms with Crippen molar-refractivity contribution in [2.24, 2.45) is 0 Å². The van der Waals surface area contributed by atoms with E-state index in [0.717, 1.165) is 119 Å². The molecule has 15 aromatic rings. The molecule has 0 heterocycles. The molecule has 608 valence electrons. The lowest BCUT2D eigenvalue weighted by Crippen LogP contribution is -2.27. The minimum atomic E-state index is -3.36. The second-order valence-corrected chi connectivity index (χ2v) is 30.8. The number of methoxy groups -OCH3 is 3. The van der Waals surface area contributed by atoms with Gasteiger partial charge in [0.15, 0.2) is 0 Å². The third kappa shape index (κ3) is 19.8. The molecule has 0 saturated carbocycles. The summed E-state index contributed by atoms with van der Waals surface area (Å²) in [6.07, 6.45) is 9.14. The smallest absolute Gasteiger partial charge is 0.335 e. The highest BCUT2D eigenvalue weighted by Crippen LogP contribution is 2.52. The van der Waals surface area contributed by atoms with Gasteiger partial charge in [-0.25, -0.2) is 4.85 Å². The van der Waals surface area contributed by atoms with Crippen LogP contribution in [0.3, 0.4) is 0 Å². The topological polar surface area (TPSA) is 201 Å². The molecule has 0 spiro atoms. The fourth-order valence-corrected chi connectivity index (χ4v) is 17.1. The molecule has 0 aliphatic heterocycles. The molecule has 0 aromatic heterocycles. The van der Waals surface area contributed by atoms with Gasteiger partial charge in [0, 0.05) is 97.1 Å². The predicted molar refractivity (Wildman–Crippen MR) is 497 cm³/mol. The van der Waals surface area contributed by atoms with Crippen LogP contribution in [0, 0.1) is 40.6 Å². The first kappa shape index (κ1) is 86.3. The van der Waals surface area contributed by atoms with Crippen LogP contribution in [-0.2, 0) is 39.3 Å². The molecule has 0 amide bonds. The summed E-state index contributed by atoms with van der Waals surface area (Å²) in [7, 11) is 1.26. The normalized spacial score (nSPS) is 11.2. The van der Waals surface area contributed by atoms with Crippen LogP contribution >= 0.6 is 16.1 Å². The van der Waals surface area contributed by atoms with Crippen molar-refractivity contribution in [1.29, 1.82) is 15.8 Å². The Balaban J connectivity index is 0.000000184. The van der Waals surface area contributed by atoms with Gasteiger partial charge in [0.05, 0.1) is 64.0 Å². The lowest BCUT2D eigenvalue weighted by atomic mass is 9.90. The van der Waals surface area contributed by atoms with Crippen LogP contribution in [0.25, 0.3) is 72.2 Å². The molecule has 0 fully saturated rings. The van der Waals surface area contributed by atoms with E-state index in [1.807, 2.05) is 164 Å². The highest BCUT2D eigenvalue weighted by atomic mass is 31.2. The number of carbonyl (C=O) groups excluding carboxylic acids is 1. The van der Waals surface area contributed by atoms with Gasteiger partial charge in [-0.3, -0.25) is 13.9 Å². The third-order valence-electron chi connectivity index (χ3n) is 20.5. The molecule has 0 atom stereocenters. The van der Waals surface area contributed by atoms with Crippen molar-refractivity contribution in [3.05, 3.63) is 376 Å². The number of aldehydes is 1. The Morgan fingerprint density at radius 2 is 0.691 bits per heavy atom. The first-order chi connectivity index (χ1) is 60.2. The second kappa shape index (κ2) is 40.9. The van der Waals surface area contributed by atoms with Crippen LogP contribution in [0.15, 0.2) is 309 Å². The number of carbonyl (C=O) groups is 1. The first-order valence-electron chi connectivity index (χ1n) is 39.9. The molecule has 0 saturated heterocycles. The van der Waals surface area contributed by atoms with Crippen molar-refractivity contribution in [3.8, 4) is 35.5 Å². The van der Waals surface area contributed by atoms with Crippen molar-refractivity contribution in [2.45, 2.75) is 39.4 Å². The Hall–Kier alpha value is -14.6. The van der Waals surface area contributed by atoms with Crippen molar-refractivity contribution in [2.75, 3.05) is 62.5 Å². The largest absolute Gasteiger partial charge is 0.497 e. The molecular formula is C104H87N7O10P2. The Labute approximate surface area is 718 Å². The standard InChI is InChI=1S/C58H42N4O2.C26H28N2O6P2.C20H17NO2/c1-60-58-54-37-23-43(16-14-41-18-24-47(25-19-41)61(45-10-6-4-7-11-45)49-28-32-51(63-2)33-29-49)38-55(54)57(40-59)53-36-22-44(39-56(53)58)17-15-42-20-26-48(27-21-42)62(46-12-8-5-9-13-46)50-30-34-52(64-3)35-31-50;1-5-31-26(35-29,32-6-2)19-10-12-21-23(14-19)25(16-28)20-11-9-18(13-22(20)24(21)15-27)17-36(30,33-7-3)34-8-4;1-23-20-13-11-19(12-14-20)21(17-5-3-2-4-6-17)18-9-7-16(15-22)8-10-18/h4-39H,2-3H3;9-14H,5-8,17H2,1-4H3;2-15H,1H3. The zero-order valence-electron chi connectivity index (χ0n) is 69.0. The number of nitrogens with zero attached hydrogens (tertiary/aromatic N) is 7. The minimum absolute atomic E-state index is 0.0438. The summed E-state index contributed by atoms with van der Waals surface area (Å²) < 4.78 is 63.6. The summed E-state index contributed by atoms with van der Waals surface area (Å²) in [4.78, 5) is 21.4. The van der Waals surface area contributed by atoms with Gasteiger partial charge in [-0.15, -0.1) is 0 Å². The molecule has 19 heteroatoms. The number of fused-ring (bicyclic) bond motifs is 4. The summed E-state index contributed by atoms with van der Waals surface area (Å²) in [6.45, 7) is 16.3. The summed E-state index contributed by atoms with van der Waals surface area (Å²) in [5.41, 5.74) is 15.3. The fourth-order valence-electron chi connectivity index (χ4n) is 14.8. The minimum Gasteiger partial charge on any atom is -0.497 e. The van der Waals surface area contributed by atoms with E-state index in [4.69, 9.17) is 39.3 Å². The average molecular weight is 1660 g/mol. The van der Waals surface area contributed by atoms with E-state index in [1.165, 1.54) is 0 Å². The van der Waals surface area contributed by atoms with Gasteiger partial charge in [-0.2, -0.15) is 15.8 Å². The Morgan fingerprint density at radius 3 is 1.05 bits per heavy atom. The van der Waals surface area contributed by atoms with E-state index in [9.17, 15) is 29.7 Å². The van der Waals surface area contributed by atoms with E-state index in [0.29, 0.717) is 60.6 Å². The molecule has 0 aliphatic rings. The monoisotopic (exact) mass is 1660 g/mol. The molecule has 15 aromatic carbocycles. The summed E-state index contributed by atoms with van der Waals surface area (Å²) in [6, 6.07) is 108. The molecule has 123 heavy (non-hydrogen) atoms. The van der Waals surface area contributed by atoms with E-state index in [2.05, 4.69) is 171 Å². The van der Waals surface area contributed by atoms with Crippen molar-refractivity contribution in [3.63, 3.8) is 0 Å².